The van der Waals surface area contributed by atoms with E-state index < -0.39 is 5.41 Å². The normalized spacial score (nSPS) is 23.5. The molecule has 2 rings (SSSR count). The van der Waals surface area contributed by atoms with E-state index in [1.807, 2.05) is 31.4 Å². The van der Waals surface area contributed by atoms with Gasteiger partial charge >= 0.3 is 0 Å². The fourth-order valence-electron chi connectivity index (χ4n) is 2.28. The molecule has 2 N–H and O–H groups in total. The van der Waals surface area contributed by atoms with Crippen molar-refractivity contribution < 1.29 is 4.79 Å². The monoisotopic (exact) mass is 302 g/mol. The number of hydrogen-bond donors (Lipinski definition) is 2. The van der Waals surface area contributed by atoms with Gasteiger partial charge in [0.2, 0.25) is 5.91 Å². The second kappa shape index (κ2) is 6.73. The predicted molar refractivity (Wildman–Crippen MR) is 83.2 cm³/mol. The molecule has 1 amide bonds. The van der Waals surface area contributed by atoms with Gasteiger partial charge in [0.05, 0.1) is 5.41 Å². The van der Waals surface area contributed by atoms with Crippen molar-refractivity contribution in [3.05, 3.63) is 22.4 Å². The van der Waals surface area contributed by atoms with Crippen LogP contribution in [0.5, 0.6) is 0 Å². The van der Waals surface area contributed by atoms with E-state index in [4.69, 9.17) is 0 Å². The molecule has 1 aliphatic rings. The Labute approximate surface area is 125 Å². The Morgan fingerprint density at radius 1 is 1.53 bits per heavy atom. The van der Waals surface area contributed by atoms with Crippen molar-refractivity contribution in [1.29, 1.82) is 0 Å². The fourth-order valence-corrected chi connectivity index (χ4v) is 3.13. The van der Waals surface area contributed by atoms with Crippen LogP contribution in [0.1, 0.15) is 32.1 Å². The van der Waals surface area contributed by atoms with Crippen LogP contribution in [-0.2, 0) is 10.2 Å². The molecule has 1 fully saturated rings. The number of rotatable bonds is 3. The molecule has 0 saturated carbocycles. The Bertz CT molecular complexity index is 406. The van der Waals surface area contributed by atoms with Crippen molar-refractivity contribution in [1.82, 2.24) is 10.6 Å². The first-order valence-corrected chi connectivity index (χ1v) is 7.45. The molecule has 2 heterocycles. The maximum atomic E-state index is 12.4. The van der Waals surface area contributed by atoms with Crippen molar-refractivity contribution in [2.75, 3.05) is 13.1 Å². The SMILES string of the molecule is CC1CCNCC1NC(=O)C(C)(C)c1cccs1.Cl. The fraction of sp³-hybridized carbons (Fsp3) is 0.643. The smallest absolute Gasteiger partial charge is 0.231 e. The number of amides is 1. The molecule has 3 nitrogen and oxygen atoms in total. The molecule has 1 aliphatic heterocycles. The van der Waals surface area contributed by atoms with E-state index >= 15 is 0 Å². The number of piperidine rings is 1. The van der Waals surface area contributed by atoms with Gasteiger partial charge in [0, 0.05) is 17.5 Å². The molecule has 1 aromatic heterocycles. The molecule has 108 valence electrons. The van der Waals surface area contributed by atoms with Gasteiger partial charge in [0.15, 0.2) is 0 Å². The third kappa shape index (κ3) is 3.71. The topological polar surface area (TPSA) is 41.1 Å². The molecule has 0 spiro atoms. The van der Waals surface area contributed by atoms with Crippen LogP contribution in [0.25, 0.3) is 0 Å². The molecule has 0 aliphatic carbocycles. The van der Waals surface area contributed by atoms with Crippen LogP contribution in [0.4, 0.5) is 0 Å². The molecular weight excluding hydrogens is 280 g/mol. The van der Waals surface area contributed by atoms with Crippen LogP contribution in [0.3, 0.4) is 0 Å². The van der Waals surface area contributed by atoms with Crippen molar-refractivity contribution in [2.24, 2.45) is 5.92 Å². The van der Waals surface area contributed by atoms with E-state index in [2.05, 4.69) is 17.6 Å². The molecule has 0 aromatic carbocycles. The highest BCUT2D eigenvalue weighted by Gasteiger charge is 2.33. The number of carbonyl (C=O) groups is 1. The summed E-state index contributed by atoms with van der Waals surface area (Å²) in [5.74, 6) is 0.680. The molecule has 1 saturated heterocycles. The van der Waals surface area contributed by atoms with E-state index in [9.17, 15) is 4.79 Å². The third-order valence-corrected chi connectivity index (χ3v) is 5.04. The molecule has 0 radical (unpaired) electrons. The van der Waals surface area contributed by atoms with Crippen molar-refractivity contribution in [3.63, 3.8) is 0 Å². The lowest BCUT2D eigenvalue weighted by molar-refractivity contribution is -0.126. The van der Waals surface area contributed by atoms with Gasteiger partial charge < -0.3 is 10.6 Å². The number of hydrogen-bond acceptors (Lipinski definition) is 3. The molecule has 2 unspecified atom stereocenters. The van der Waals surface area contributed by atoms with Gasteiger partial charge in [-0.3, -0.25) is 4.79 Å². The first-order chi connectivity index (χ1) is 8.51. The first-order valence-electron chi connectivity index (χ1n) is 6.57. The average molecular weight is 303 g/mol. The van der Waals surface area contributed by atoms with Crippen LogP contribution in [0, 0.1) is 5.92 Å². The summed E-state index contributed by atoms with van der Waals surface area (Å²) in [5.41, 5.74) is -0.439. The number of nitrogens with one attached hydrogen (secondary N) is 2. The highest BCUT2D eigenvalue weighted by atomic mass is 35.5. The van der Waals surface area contributed by atoms with Crippen molar-refractivity contribution >= 4 is 29.7 Å². The standard InChI is InChI=1S/C14H22N2OS.ClH/c1-10-6-7-15-9-11(10)16-13(17)14(2,3)12-5-4-8-18-12;/h4-5,8,10-11,15H,6-7,9H2,1-3H3,(H,16,17);1H. The van der Waals surface area contributed by atoms with Gasteiger partial charge in [0.1, 0.15) is 0 Å². The van der Waals surface area contributed by atoms with Crippen molar-refractivity contribution in [2.45, 2.75) is 38.6 Å². The summed E-state index contributed by atoms with van der Waals surface area (Å²) >= 11 is 1.64. The van der Waals surface area contributed by atoms with Gasteiger partial charge in [-0.2, -0.15) is 0 Å². The predicted octanol–water partition coefficient (Wildman–Crippen LogP) is 2.56. The Kier molecular flexibility index (Phi) is 5.83. The highest BCUT2D eigenvalue weighted by molar-refractivity contribution is 7.10. The van der Waals surface area contributed by atoms with Crippen LogP contribution >= 0.6 is 23.7 Å². The summed E-state index contributed by atoms with van der Waals surface area (Å²) in [4.78, 5) is 13.6. The Morgan fingerprint density at radius 2 is 2.26 bits per heavy atom. The molecular formula is C14H23ClN2OS. The quantitative estimate of drug-likeness (QED) is 0.901. The minimum atomic E-state index is -0.439. The Balaban J connectivity index is 0.00000180. The number of thiophene rings is 1. The number of carbonyl (C=O) groups excluding carboxylic acids is 1. The summed E-state index contributed by atoms with van der Waals surface area (Å²) in [7, 11) is 0. The highest BCUT2D eigenvalue weighted by Crippen LogP contribution is 2.28. The van der Waals surface area contributed by atoms with Crippen LogP contribution in [-0.4, -0.2) is 25.0 Å². The van der Waals surface area contributed by atoms with Gasteiger partial charge in [-0.15, -0.1) is 23.7 Å². The summed E-state index contributed by atoms with van der Waals surface area (Å²) in [5, 5.41) is 8.57. The zero-order valence-corrected chi connectivity index (χ0v) is 13.4. The second-order valence-corrected chi connectivity index (χ2v) is 6.60. The largest absolute Gasteiger partial charge is 0.351 e. The summed E-state index contributed by atoms with van der Waals surface area (Å²) in [6.07, 6.45) is 1.13. The molecule has 0 bridgehead atoms. The van der Waals surface area contributed by atoms with Gasteiger partial charge in [-0.1, -0.05) is 13.0 Å². The molecule has 19 heavy (non-hydrogen) atoms. The lowest BCUT2D eigenvalue weighted by Crippen LogP contribution is -2.53. The lowest BCUT2D eigenvalue weighted by atomic mass is 9.88. The van der Waals surface area contributed by atoms with Crippen molar-refractivity contribution in [3.8, 4) is 0 Å². The summed E-state index contributed by atoms with van der Waals surface area (Å²) in [6.45, 7) is 8.14. The Morgan fingerprint density at radius 3 is 2.84 bits per heavy atom. The molecule has 2 atom stereocenters. The minimum absolute atomic E-state index is 0. The van der Waals surface area contributed by atoms with E-state index in [0.717, 1.165) is 24.4 Å². The van der Waals surface area contributed by atoms with Crippen LogP contribution in [0.15, 0.2) is 17.5 Å². The summed E-state index contributed by atoms with van der Waals surface area (Å²) in [6, 6.07) is 4.29. The summed E-state index contributed by atoms with van der Waals surface area (Å²) < 4.78 is 0. The first kappa shape index (κ1) is 16.5. The van der Waals surface area contributed by atoms with E-state index in [0.29, 0.717) is 5.92 Å². The van der Waals surface area contributed by atoms with E-state index in [-0.39, 0.29) is 24.4 Å². The van der Waals surface area contributed by atoms with Gasteiger partial charge in [-0.25, -0.2) is 0 Å². The van der Waals surface area contributed by atoms with E-state index in [1.165, 1.54) is 0 Å². The van der Waals surface area contributed by atoms with Crippen LogP contribution < -0.4 is 10.6 Å². The van der Waals surface area contributed by atoms with Crippen LogP contribution in [0.2, 0.25) is 0 Å². The second-order valence-electron chi connectivity index (χ2n) is 5.65. The maximum Gasteiger partial charge on any atom is 0.231 e. The minimum Gasteiger partial charge on any atom is -0.351 e. The lowest BCUT2D eigenvalue weighted by Gasteiger charge is -2.33. The Hall–Kier alpha value is -0.580. The average Bonchev–Trinajstić information content (AvgIpc) is 2.86. The maximum absolute atomic E-state index is 12.4. The van der Waals surface area contributed by atoms with E-state index in [1.54, 1.807) is 11.3 Å². The zero-order valence-electron chi connectivity index (χ0n) is 11.7. The third-order valence-electron chi connectivity index (χ3n) is 3.85. The zero-order chi connectivity index (χ0) is 13.2. The van der Waals surface area contributed by atoms with Gasteiger partial charge in [-0.05, 0) is 44.2 Å². The molecule has 5 heteroatoms. The molecule has 1 aromatic rings. The number of halogens is 1. The van der Waals surface area contributed by atoms with Gasteiger partial charge in [0.25, 0.3) is 0 Å².